The summed E-state index contributed by atoms with van der Waals surface area (Å²) in [4.78, 5) is 9.48. The zero-order valence-corrected chi connectivity index (χ0v) is 39.1. The van der Waals surface area contributed by atoms with Crippen LogP contribution < -0.4 is 14.5 Å². The number of ether oxygens (including phenoxy) is 1. The number of nitrogens with zero attached hydrogens (tertiary/aromatic N) is 4. The molecule has 0 radical (unpaired) electrons. The molecule has 0 spiro atoms. The molecule has 0 saturated heterocycles. The molecule has 5 nitrogen and oxygen atoms in total. The summed E-state index contributed by atoms with van der Waals surface area (Å²) in [7, 11) is 2.09. The fraction of sp³-hybridized carbons (Fsp3) is 0.236. The fourth-order valence-electron chi connectivity index (χ4n) is 8.32. The molecule has 0 aliphatic carbocycles. The van der Waals surface area contributed by atoms with E-state index in [1.165, 1.54) is 38.9 Å². The van der Waals surface area contributed by atoms with Crippen molar-refractivity contribution in [3.05, 3.63) is 169 Å². The largest absolute Gasteiger partial charge is 0.509 e. The van der Waals surface area contributed by atoms with E-state index in [-0.39, 0.29) is 37.3 Å². The van der Waals surface area contributed by atoms with Crippen LogP contribution in [0.2, 0.25) is 0 Å². The third-order valence-electron chi connectivity index (χ3n) is 11.8. The molecule has 2 aromatic heterocycles. The van der Waals surface area contributed by atoms with Gasteiger partial charge in [-0.2, -0.15) is 18.8 Å². The van der Waals surface area contributed by atoms with Crippen LogP contribution in [0.5, 0.6) is 11.5 Å². The summed E-state index contributed by atoms with van der Waals surface area (Å²) in [5.74, 6) is 2.05. The standard InChI is InChI=1S/C55H53N4O.Pt/c1-53(2,3)39-23-18-36(19-24-39)38-22-29-49-51(30-38)57(10)35-58(49)41-14-13-15-42(31-41)60-43-27-28-45-44-16-11-12-17-48(44)59(50(45)32-43)52-33-46(47(34-56-52)55(7,8)9)37-20-25-40(26-21-37)54(4,5)6;/h11-30,33-35H,1-10H3;/q-3;. The first kappa shape index (κ1) is 42.1. The van der Waals surface area contributed by atoms with E-state index >= 15 is 0 Å². The summed E-state index contributed by atoms with van der Waals surface area (Å²) in [6.45, 7) is 22.4. The smallest absolute Gasteiger partial charge is 0.136 e. The number of aromatic nitrogens is 2. The minimum Gasteiger partial charge on any atom is -0.509 e. The minimum absolute atomic E-state index is 0. The Bertz CT molecular complexity index is 2890. The number of hydrogen-bond donors (Lipinski definition) is 0. The van der Waals surface area contributed by atoms with E-state index in [1.54, 1.807) is 0 Å². The Balaban J connectivity index is 0.00000514. The summed E-state index contributed by atoms with van der Waals surface area (Å²) in [6, 6.07) is 52.7. The van der Waals surface area contributed by atoms with Crippen LogP contribution in [0.25, 0.3) is 49.9 Å². The third-order valence-corrected chi connectivity index (χ3v) is 11.8. The van der Waals surface area contributed by atoms with Gasteiger partial charge >= 0.3 is 0 Å². The van der Waals surface area contributed by atoms with E-state index in [1.807, 2.05) is 18.2 Å². The molecule has 0 saturated carbocycles. The first-order chi connectivity index (χ1) is 28.5. The molecule has 6 heteroatoms. The van der Waals surface area contributed by atoms with Crippen LogP contribution in [0.3, 0.4) is 0 Å². The van der Waals surface area contributed by atoms with E-state index in [0.29, 0.717) is 11.5 Å². The predicted molar refractivity (Wildman–Crippen MR) is 251 cm³/mol. The van der Waals surface area contributed by atoms with E-state index in [9.17, 15) is 0 Å². The van der Waals surface area contributed by atoms with Gasteiger partial charge in [-0.1, -0.05) is 141 Å². The first-order valence-corrected chi connectivity index (χ1v) is 20.9. The Morgan fingerprint density at radius 3 is 1.89 bits per heavy atom. The van der Waals surface area contributed by atoms with Crippen molar-refractivity contribution in [2.24, 2.45) is 0 Å². The summed E-state index contributed by atoms with van der Waals surface area (Å²) in [5.41, 5.74) is 13.8. The Labute approximate surface area is 376 Å². The SMILES string of the molecule is CN1[CH-]N(c2[c-]c(Oc3[c-]c4c(cc3)c3ccccc3n4-c3cc(-c4ccc(C(C)(C)C)cc4)c(C(C)(C)C)cn3)ccc2)c2ccc(-c3ccc(C(C)(C)C)cc3)cc21.[Pt]. The number of hydrogen-bond acceptors (Lipinski definition) is 4. The molecule has 1 aliphatic rings. The van der Waals surface area contributed by atoms with Crippen LogP contribution in [0.15, 0.2) is 134 Å². The van der Waals surface area contributed by atoms with Gasteiger partial charge in [-0.15, -0.1) is 41.4 Å². The topological polar surface area (TPSA) is 33.5 Å². The van der Waals surface area contributed by atoms with Crippen LogP contribution in [0.4, 0.5) is 17.1 Å². The molecule has 3 heterocycles. The molecule has 0 N–H and O–H groups in total. The van der Waals surface area contributed by atoms with Crippen molar-refractivity contribution in [2.45, 2.75) is 78.6 Å². The molecule has 312 valence electrons. The van der Waals surface area contributed by atoms with Crippen LogP contribution >= 0.6 is 0 Å². The van der Waals surface area contributed by atoms with Crippen molar-refractivity contribution in [1.82, 2.24) is 9.55 Å². The maximum atomic E-state index is 6.60. The summed E-state index contributed by atoms with van der Waals surface area (Å²) in [6.07, 6.45) is 2.06. The maximum Gasteiger partial charge on any atom is 0.136 e. The van der Waals surface area contributed by atoms with Gasteiger partial charge in [-0.3, -0.25) is 0 Å². The molecule has 0 unspecified atom stereocenters. The van der Waals surface area contributed by atoms with Gasteiger partial charge in [-0.25, -0.2) is 4.98 Å². The van der Waals surface area contributed by atoms with Crippen molar-refractivity contribution in [3.8, 4) is 39.6 Å². The second kappa shape index (κ2) is 15.7. The van der Waals surface area contributed by atoms with Gasteiger partial charge in [0.2, 0.25) is 0 Å². The van der Waals surface area contributed by atoms with Crippen molar-refractivity contribution in [3.63, 3.8) is 0 Å². The third kappa shape index (κ3) is 8.01. The van der Waals surface area contributed by atoms with Crippen molar-refractivity contribution in [1.29, 1.82) is 0 Å². The van der Waals surface area contributed by atoms with Crippen LogP contribution in [-0.4, -0.2) is 16.6 Å². The predicted octanol–water partition coefficient (Wildman–Crippen LogP) is 14.5. The number of pyridine rings is 1. The Hall–Kier alpha value is -5.64. The molecule has 8 aromatic rings. The van der Waals surface area contributed by atoms with E-state index in [2.05, 4.69) is 218 Å². The Morgan fingerprint density at radius 1 is 0.574 bits per heavy atom. The van der Waals surface area contributed by atoms with Gasteiger partial charge in [0.05, 0.1) is 0 Å². The van der Waals surface area contributed by atoms with Gasteiger partial charge in [0, 0.05) is 55.7 Å². The fourth-order valence-corrected chi connectivity index (χ4v) is 8.32. The summed E-state index contributed by atoms with van der Waals surface area (Å²) < 4.78 is 8.81. The number of anilines is 3. The van der Waals surface area contributed by atoms with Gasteiger partial charge in [0.25, 0.3) is 0 Å². The molecule has 0 bridgehead atoms. The zero-order valence-electron chi connectivity index (χ0n) is 36.8. The van der Waals surface area contributed by atoms with Crippen LogP contribution in [0.1, 0.15) is 79.0 Å². The van der Waals surface area contributed by atoms with Crippen molar-refractivity contribution in [2.75, 3.05) is 16.8 Å². The van der Waals surface area contributed by atoms with Crippen molar-refractivity contribution >= 4 is 38.9 Å². The average Bonchev–Trinajstić information content (AvgIpc) is 3.73. The molecular formula is C55H53N4OPt-3. The van der Waals surface area contributed by atoms with E-state index in [0.717, 1.165) is 44.7 Å². The normalized spacial score (nSPS) is 13.1. The van der Waals surface area contributed by atoms with E-state index < -0.39 is 0 Å². The molecule has 61 heavy (non-hydrogen) atoms. The van der Waals surface area contributed by atoms with Gasteiger partial charge < -0.3 is 19.1 Å². The molecular weight excluding hydrogens is 928 g/mol. The Kier molecular flexibility index (Phi) is 10.8. The van der Waals surface area contributed by atoms with Crippen LogP contribution in [0, 0.1) is 18.8 Å². The Morgan fingerprint density at radius 2 is 1.21 bits per heavy atom. The quantitative estimate of drug-likeness (QED) is 0.156. The van der Waals surface area contributed by atoms with Gasteiger partial charge in [0.1, 0.15) is 5.82 Å². The molecule has 6 aromatic carbocycles. The number of para-hydroxylation sites is 1. The molecule has 0 fully saturated rings. The zero-order chi connectivity index (χ0) is 42.1. The molecule has 0 atom stereocenters. The van der Waals surface area contributed by atoms with E-state index in [4.69, 9.17) is 9.72 Å². The van der Waals surface area contributed by atoms with Crippen LogP contribution in [-0.2, 0) is 37.3 Å². The number of fused-ring (bicyclic) bond motifs is 4. The monoisotopic (exact) mass is 980 g/mol. The van der Waals surface area contributed by atoms with Gasteiger partial charge in [0.15, 0.2) is 0 Å². The second-order valence-corrected chi connectivity index (χ2v) is 19.2. The molecule has 1 aliphatic heterocycles. The minimum atomic E-state index is -0.102. The van der Waals surface area contributed by atoms with Crippen molar-refractivity contribution < 1.29 is 25.8 Å². The second-order valence-electron chi connectivity index (χ2n) is 19.2. The van der Waals surface area contributed by atoms with Gasteiger partial charge in [-0.05, 0) is 91.9 Å². The molecule has 9 rings (SSSR count). The average molecular weight is 981 g/mol. The first-order valence-electron chi connectivity index (χ1n) is 20.9. The number of benzene rings is 6. The maximum absolute atomic E-state index is 6.60. The summed E-state index contributed by atoms with van der Waals surface area (Å²) >= 11 is 0. The summed E-state index contributed by atoms with van der Waals surface area (Å²) in [5, 5.41) is 2.23. The number of rotatable bonds is 6. The molecule has 0 amide bonds.